The number of ether oxygens (including phenoxy) is 3. The fourth-order valence-electron chi connectivity index (χ4n) is 3.18. The Bertz CT molecular complexity index is 1110. The molecule has 1 aromatic heterocycles. The maximum atomic E-state index is 12.7. The SMILES string of the molecule is C=CC(/C=C/C(=O)c1cc2ccc3c(c2o1)C=CC(C)(C)O3)/C=C(\C=C(/C)OC)OC. The molecule has 0 spiro atoms. The van der Waals surface area contributed by atoms with E-state index in [-0.39, 0.29) is 23.1 Å². The number of ketones is 1. The monoisotopic (exact) mass is 420 g/mol. The van der Waals surface area contributed by atoms with Gasteiger partial charge in [0.25, 0.3) is 0 Å². The summed E-state index contributed by atoms with van der Waals surface area (Å²) >= 11 is 0. The normalized spacial score (nSPS) is 16.7. The van der Waals surface area contributed by atoms with Gasteiger partial charge in [-0.25, -0.2) is 0 Å². The van der Waals surface area contributed by atoms with Crippen molar-refractivity contribution in [2.24, 2.45) is 5.92 Å². The van der Waals surface area contributed by atoms with Crippen LogP contribution in [0.4, 0.5) is 0 Å². The van der Waals surface area contributed by atoms with E-state index in [0.29, 0.717) is 17.1 Å². The van der Waals surface area contributed by atoms with Crippen LogP contribution in [0.15, 0.2) is 77.2 Å². The zero-order chi connectivity index (χ0) is 22.6. The Morgan fingerprint density at radius 3 is 2.68 bits per heavy atom. The molecule has 2 aromatic rings. The molecule has 0 saturated carbocycles. The first-order chi connectivity index (χ1) is 14.8. The molecule has 1 aromatic carbocycles. The summed E-state index contributed by atoms with van der Waals surface area (Å²) < 4.78 is 22.4. The molecular formula is C26H28O5. The second-order valence-corrected chi connectivity index (χ2v) is 7.81. The second kappa shape index (κ2) is 9.13. The third-order valence-electron chi connectivity index (χ3n) is 4.95. The molecule has 0 N–H and O–H groups in total. The van der Waals surface area contributed by atoms with E-state index >= 15 is 0 Å². The van der Waals surface area contributed by atoms with E-state index in [1.165, 1.54) is 6.08 Å². The number of fused-ring (bicyclic) bond motifs is 3. The number of benzene rings is 1. The lowest BCUT2D eigenvalue weighted by molar-refractivity contribution is 0.102. The van der Waals surface area contributed by atoms with Crippen LogP contribution in [-0.4, -0.2) is 25.6 Å². The molecule has 5 nitrogen and oxygen atoms in total. The average molecular weight is 421 g/mol. The van der Waals surface area contributed by atoms with Crippen molar-refractivity contribution in [3.05, 3.63) is 84.1 Å². The van der Waals surface area contributed by atoms with E-state index in [2.05, 4.69) is 6.58 Å². The molecule has 0 aliphatic carbocycles. The molecule has 2 heterocycles. The summed E-state index contributed by atoms with van der Waals surface area (Å²) in [5.74, 6) is 1.91. The van der Waals surface area contributed by atoms with Crippen molar-refractivity contribution in [3.63, 3.8) is 0 Å². The summed E-state index contributed by atoms with van der Waals surface area (Å²) in [6.45, 7) is 9.64. The maximum Gasteiger partial charge on any atom is 0.220 e. The first-order valence-corrected chi connectivity index (χ1v) is 10.0. The van der Waals surface area contributed by atoms with Gasteiger partial charge in [-0.3, -0.25) is 4.79 Å². The number of hydrogen-bond acceptors (Lipinski definition) is 5. The highest BCUT2D eigenvalue weighted by atomic mass is 16.5. The van der Waals surface area contributed by atoms with Gasteiger partial charge in [-0.15, -0.1) is 6.58 Å². The van der Waals surface area contributed by atoms with Gasteiger partial charge in [0.2, 0.25) is 5.78 Å². The number of carbonyl (C=O) groups is 1. The Morgan fingerprint density at radius 2 is 2.00 bits per heavy atom. The van der Waals surface area contributed by atoms with Crippen LogP contribution in [0.25, 0.3) is 17.0 Å². The van der Waals surface area contributed by atoms with Gasteiger partial charge in [-0.1, -0.05) is 12.2 Å². The lowest BCUT2D eigenvalue weighted by Gasteiger charge is -2.27. The highest BCUT2D eigenvalue weighted by Gasteiger charge is 2.24. The second-order valence-electron chi connectivity index (χ2n) is 7.81. The van der Waals surface area contributed by atoms with Crippen LogP contribution in [-0.2, 0) is 9.47 Å². The van der Waals surface area contributed by atoms with Gasteiger partial charge < -0.3 is 18.6 Å². The van der Waals surface area contributed by atoms with Crippen molar-refractivity contribution in [1.82, 2.24) is 0 Å². The van der Waals surface area contributed by atoms with Crippen LogP contribution in [0.3, 0.4) is 0 Å². The van der Waals surface area contributed by atoms with Gasteiger partial charge in [-0.2, -0.15) is 0 Å². The number of hydrogen-bond donors (Lipinski definition) is 0. The van der Waals surface area contributed by atoms with Crippen molar-refractivity contribution in [2.75, 3.05) is 14.2 Å². The largest absolute Gasteiger partial charge is 0.501 e. The molecule has 0 radical (unpaired) electrons. The molecule has 0 saturated heterocycles. The Kier molecular flexibility index (Phi) is 6.54. The third-order valence-corrected chi connectivity index (χ3v) is 4.95. The Labute approximate surface area is 183 Å². The molecule has 1 atom stereocenters. The predicted molar refractivity (Wildman–Crippen MR) is 123 cm³/mol. The van der Waals surface area contributed by atoms with E-state index in [1.54, 1.807) is 38.5 Å². The summed E-state index contributed by atoms with van der Waals surface area (Å²) in [7, 11) is 3.17. The number of carbonyl (C=O) groups excluding carboxylic acids is 1. The van der Waals surface area contributed by atoms with E-state index in [9.17, 15) is 4.79 Å². The number of furan rings is 1. The van der Waals surface area contributed by atoms with Gasteiger partial charge in [0.05, 0.1) is 25.5 Å². The average Bonchev–Trinajstić information content (AvgIpc) is 3.19. The van der Waals surface area contributed by atoms with Crippen LogP contribution >= 0.6 is 0 Å². The maximum absolute atomic E-state index is 12.7. The van der Waals surface area contributed by atoms with Crippen LogP contribution in [0.5, 0.6) is 5.75 Å². The molecule has 1 aliphatic heterocycles. The summed E-state index contributed by atoms with van der Waals surface area (Å²) in [5.41, 5.74) is 1.11. The molecule has 3 rings (SSSR count). The van der Waals surface area contributed by atoms with Crippen LogP contribution < -0.4 is 4.74 Å². The Morgan fingerprint density at radius 1 is 1.23 bits per heavy atom. The van der Waals surface area contributed by atoms with Crippen molar-refractivity contribution in [1.29, 1.82) is 0 Å². The number of rotatable bonds is 8. The molecule has 1 unspecified atom stereocenters. The van der Waals surface area contributed by atoms with Crippen molar-refractivity contribution >= 4 is 22.8 Å². The highest BCUT2D eigenvalue weighted by molar-refractivity contribution is 6.05. The fraction of sp³-hybridized carbons (Fsp3) is 0.269. The van der Waals surface area contributed by atoms with Gasteiger partial charge in [0, 0.05) is 17.4 Å². The molecule has 162 valence electrons. The third kappa shape index (κ3) is 5.18. The van der Waals surface area contributed by atoms with Crippen LogP contribution in [0.2, 0.25) is 0 Å². The van der Waals surface area contributed by atoms with E-state index in [1.807, 2.05) is 51.1 Å². The Balaban J connectivity index is 1.84. The number of allylic oxidation sites excluding steroid dienone is 6. The van der Waals surface area contributed by atoms with Crippen molar-refractivity contribution < 1.29 is 23.4 Å². The predicted octanol–water partition coefficient (Wildman–Crippen LogP) is 6.24. The van der Waals surface area contributed by atoms with Crippen LogP contribution in [0, 0.1) is 5.92 Å². The first-order valence-electron chi connectivity index (χ1n) is 10.0. The quantitative estimate of drug-likeness (QED) is 0.166. The summed E-state index contributed by atoms with van der Waals surface area (Å²) in [5, 5.41) is 0.852. The summed E-state index contributed by atoms with van der Waals surface area (Å²) in [6, 6.07) is 5.56. The van der Waals surface area contributed by atoms with Crippen molar-refractivity contribution in [3.8, 4) is 5.75 Å². The molecule has 5 heteroatoms. The van der Waals surface area contributed by atoms with Gasteiger partial charge in [0.15, 0.2) is 5.76 Å². The van der Waals surface area contributed by atoms with Crippen LogP contribution in [0.1, 0.15) is 36.9 Å². The van der Waals surface area contributed by atoms with Crippen molar-refractivity contribution in [2.45, 2.75) is 26.4 Å². The molecule has 1 aliphatic rings. The molecule has 0 bridgehead atoms. The molecule has 31 heavy (non-hydrogen) atoms. The smallest absolute Gasteiger partial charge is 0.220 e. The minimum Gasteiger partial charge on any atom is -0.501 e. The Hall–Kier alpha value is -3.47. The molecular weight excluding hydrogens is 392 g/mol. The lowest BCUT2D eigenvalue weighted by atomic mass is 10.0. The van der Waals surface area contributed by atoms with E-state index in [0.717, 1.165) is 16.7 Å². The summed E-state index contributed by atoms with van der Waals surface area (Å²) in [6.07, 6.45) is 12.5. The molecule has 0 fully saturated rings. The van der Waals surface area contributed by atoms with E-state index < -0.39 is 0 Å². The van der Waals surface area contributed by atoms with E-state index in [4.69, 9.17) is 18.6 Å². The minimum atomic E-state index is -0.375. The zero-order valence-electron chi connectivity index (χ0n) is 18.6. The van der Waals surface area contributed by atoms with Gasteiger partial charge >= 0.3 is 0 Å². The first kappa shape index (κ1) is 22.2. The fourth-order valence-corrected chi connectivity index (χ4v) is 3.18. The van der Waals surface area contributed by atoms with Gasteiger partial charge in [-0.05, 0) is 63.3 Å². The minimum absolute atomic E-state index is 0.199. The topological polar surface area (TPSA) is 57.9 Å². The summed E-state index contributed by atoms with van der Waals surface area (Å²) in [4.78, 5) is 12.7. The number of methoxy groups -OCH3 is 2. The highest BCUT2D eigenvalue weighted by Crippen LogP contribution is 2.37. The molecule has 0 amide bonds. The zero-order valence-corrected chi connectivity index (χ0v) is 18.6. The standard InChI is InChI=1S/C26H28O5/c1-7-18(15-20(29-6)14-17(2)28-5)8-10-22(27)24-16-19-9-11-23-21(25(19)30-24)12-13-26(3,4)31-23/h7-16,18H,1H2,2-6H3/b10-8+,17-14+,20-15+. The lowest BCUT2D eigenvalue weighted by Crippen LogP contribution is -2.27. The van der Waals surface area contributed by atoms with Gasteiger partial charge in [0.1, 0.15) is 22.7 Å².